The molecule has 0 radical (unpaired) electrons. The molecule has 80 valence electrons. The third-order valence-electron chi connectivity index (χ3n) is 2.30. The zero-order valence-electron chi connectivity index (χ0n) is 7.88. The van der Waals surface area contributed by atoms with Crippen molar-refractivity contribution in [3.63, 3.8) is 0 Å². The van der Waals surface area contributed by atoms with Gasteiger partial charge in [0.25, 0.3) is 0 Å². The summed E-state index contributed by atoms with van der Waals surface area (Å²) in [7, 11) is -4.21. The molecule has 0 spiro atoms. The van der Waals surface area contributed by atoms with E-state index in [2.05, 4.69) is 0 Å². The van der Waals surface area contributed by atoms with Crippen molar-refractivity contribution in [1.82, 2.24) is 0 Å². The number of rotatable bonds is 1. The summed E-state index contributed by atoms with van der Waals surface area (Å²) in [5.74, 6) is 0. The van der Waals surface area contributed by atoms with Crippen LogP contribution in [0.5, 0.6) is 0 Å². The Kier molecular flexibility index (Phi) is 2.37. The number of benzene rings is 2. The first kappa shape index (κ1) is 10.3. The molecule has 0 unspecified atom stereocenters. The second-order valence-corrected chi connectivity index (χ2v) is 5.27. The number of nitrogen functional groups attached to an aromatic ring is 1. The fourth-order valence-electron chi connectivity index (χ4n) is 1.52. The van der Waals surface area contributed by atoms with Crippen molar-refractivity contribution in [3.05, 3.63) is 36.4 Å². The van der Waals surface area contributed by atoms with Gasteiger partial charge in [0.1, 0.15) is 0 Å². The Labute approximate surface area is 87.2 Å². The van der Waals surface area contributed by atoms with Gasteiger partial charge in [-0.2, -0.15) is 0 Å². The van der Waals surface area contributed by atoms with Crippen molar-refractivity contribution >= 4 is 29.7 Å². The monoisotopic (exact) mass is 225 g/mol. The molecule has 2 aromatic carbocycles. The molecular weight excluding hydrogens is 213 g/mol. The minimum absolute atomic E-state index is 0.153. The predicted octanol–water partition coefficient (Wildman–Crippen LogP) is 0.519. The van der Waals surface area contributed by atoms with Crippen LogP contribution < -0.4 is 11.0 Å². The van der Waals surface area contributed by atoms with Crippen molar-refractivity contribution in [3.8, 4) is 0 Å². The Hall–Kier alpha value is -1.19. The van der Waals surface area contributed by atoms with Crippen LogP contribution in [-0.4, -0.2) is 14.7 Å². The molecule has 5 heteroatoms. The molecular formula is C10H12NO3P. The van der Waals surface area contributed by atoms with Crippen molar-refractivity contribution in [2.24, 2.45) is 0 Å². The third-order valence-corrected chi connectivity index (χ3v) is 3.39. The number of nitrogens with two attached hydrogens (primary N) is 1. The van der Waals surface area contributed by atoms with Gasteiger partial charge >= 0.3 is 86.5 Å². The van der Waals surface area contributed by atoms with Crippen molar-refractivity contribution in [2.75, 3.05) is 5.73 Å². The van der Waals surface area contributed by atoms with E-state index in [1.54, 1.807) is 24.3 Å². The van der Waals surface area contributed by atoms with Gasteiger partial charge in [-0.05, 0) is 0 Å². The molecule has 2 aromatic rings. The van der Waals surface area contributed by atoms with Gasteiger partial charge in [-0.3, -0.25) is 0 Å². The Bertz CT molecular complexity index is 507. The number of hydrogen-bond acceptors (Lipinski definition) is 4. The number of hydrogen-bond donors (Lipinski definition) is 4. The molecule has 5 N–H and O–H groups in total. The van der Waals surface area contributed by atoms with Crippen LogP contribution in [0.1, 0.15) is 0 Å². The summed E-state index contributed by atoms with van der Waals surface area (Å²) in [6.45, 7) is 0. The normalized spacial score (nSPS) is 13.0. The van der Waals surface area contributed by atoms with Crippen molar-refractivity contribution in [2.45, 2.75) is 0 Å². The van der Waals surface area contributed by atoms with Crippen LogP contribution in [0, 0.1) is 0 Å². The Morgan fingerprint density at radius 3 is 2.40 bits per heavy atom. The van der Waals surface area contributed by atoms with Gasteiger partial charge in [0, 0.05) is 0 Å². The molecule has 0 fully saturated rings. The fourth-order valence-corrected chi connectivity index (χ4v) is 2.17. The second-order valence-electron chi connectivity index (χ2n) is 3.42. The average Bonchev–Trinajstić information content (AvgIpc) is 2.16. The number of fused-ring (bicyclic) bond motifs is 1. The maximum atomic E-state index is 9.14. The van der Waals surface area contributed by atoms with E-state index in [0.29, 0.717) is 5.69 Å². The van der Waals surface area contributed by atoms with Gasteiger partial charge in [0.2, 0.25) is 0 Å². The van der Waals surface area contributed by atoms with Crippen LogP contribution in [0.4, 0.5) is 5.69 Å². The van der Waals surface area contributed by atoms with Gasteiger partial charge in [-0.25, -0.2) is 0 Å². The Morgan fingerprint density at radius 2 is 1.73 bits per heavy atom. The average molecular weight is 225 g/mol. The molecule has 0 amide bonds. The topological polar surface area (TPSA) is 86.7 Å². The Balaban J connectivity index is 2.68. The van der Waals surface area contributed by atoms with Gasteiger partial charge in [0.15, 0.2) is 0 Å². The van der Waals surface area contributed by atoms with E-state index < -0.39 is 7.94 Å². The fraction of sp³-hybridized carbons (Fsp3) is 0. The molecule has 15 heavy (non-hydrogen) atoms. The standard InChI is InChI=1S/C10H12NO3P/c11-10-3-1-2-7-6-8(15(12,13)14)4-5-9(7)10/h1-6,12-15H,11H2. The van der Waals surface area contributed by atoms with Crippen LogP contribution in [0.2, 0.25) is 0 Å². The molecule has 2 rings (SSSR count). The van der Waals surface area contributed by atoms with Crippen LogP contribution >= 0.6 is 7.94 Å². The van der Waals surface area contributed by atoms with Crippen LogP contribution in [-0.2, 0) is 0 Å². The molecule has 0 aliphatic heterocycles. The van der Waals surface area contributed by atoms with Gasteiger partial charge < -0.3 is 0 Å². The molecule has 0 aliphatic rings. The summed E-state index contributed by atoms with van der Waals surface area (Å²) in [6, 6.07) is 10.0. The van der Waals surface area contributed by atoms with Crippen LogP contribution in [0.25, 0.3) is 10.8 Å². The summed E-state index contributed by atoms with van der Waals surface area (Å²) in [4.78, 5) is 27.4. The van der Waals surface area contributed by atoms with E-state index >= 15 is 0 Å². The van der Waals surface area contributed by atoms with Gasteiger partial charge in [-0.1, -0.05) is 0 Å². The summed E-state index contributed by atoms with van der Waals surface area (Å²) in [5.41, 5.74) is 6.36. The predicted molar refractivity (Wildman–Crippen MR) is 63.0 cm³/mol. The van der Waals surface area contributed by atoms with E-state index in [9.17, 15) is 0 Å². The molecule has 0 saturated heterocycles. The van der Waals surface area contributed by atoms with Crippen LogP contribution in [0.15, 0.2) is 36.4 Å². The van der Waals surface area contributed by atoms with E-state index in [-0.39, 0.29) is 5.30 Å². The molecule has 4 nitrogen and oxygen atoms in total. The van der Waals surface area contributed by atoms with Crippen molar-refractivity contribution < 1.29 is 14.7 Å². The maximum absolute atomic E-state index is 9.14. The van der Waals surface area contributed by atoms with Crippen LogP contribution in [0.3, 0.4) is 0 Å². The van der Waals surface area contributed by atoms with E-state index in [0.717, 1.165) is 10.8 Å². The summed E-state index contributed by atoms with van der Waals surface area (Å²) >= 11 is 0. The quantitative estimate of drug-likeness (QED) is 0.421. The SMILES string of the molecule is Nc1cccc2cc([PH](O)(O)O)ccc12. The van der Waals surface area contributed by atoms with Crippen molar-refractivity contribution in [1.29, 1.82) is 0 Å². The summed E-state index contributed by atoms with van der Waals surface area (Å²) < 4.78 is 0. The van der Waals surface area contributed by atoms with Gasteiger partial charge in [0.05, 0.1) is 0 Å². The zero-order valence-corrected chi connectivity index (χ0v) is 8.88. The first-order chi connectivity index (χ1) is 6.98. The second kappa shape index (κ2) is 3.43. The minimum atomic E-state index is -4.21. The van der Waals surface area contributed by atoms with E-state index in [4.69, 9.17) is 20.4 Å². The first-order valence-electron chi connectivity index (χ1n) is 4.44. The molecule has 0 saturated carbocycles. The third kappa shape index (κ3) is 1.94. The summed E-state index contributed by atoms with van der Waals surface area (Å²) in [5, 5.41) is 1.77. The zero-order chi connectivity index (χ0) is 11.1. The molecule has 0 heterocycles. The summed E-state index contributed by atoms with van der Waals surface area (Å²) in [6.07, 6.45) is 0. The number of anilines is 1. The van der Waals surface area contributed by atoms with Gasteiger partial charge in [-0.15, -0.1) is 0 Å². The molecule has 0 aliphatic carbocycles. The molecule has 0 aromatic heterocycles. The van der Waals surface area contributed by atoms with E-state index in [1.807, 2.05) is 0 Å². The molecule has 0 bridgehead atoms. The first-order valence-corrected chi connectivity index (χ1v) is 6.28. The van der Waals surface area contributed by atoms with E-state index in [1.165, 1.54) is 12.1 Å². The molecule has 0 atom stereocenters. The Morgan fingerprint density at radius 1 is 1.00 bits per heavy atom.